The first kappa shape index (κ1) is 15.6. The number of carbonyl (C=O) groups is 1. The van der Waals surface area contributed by atoms with Crippen molar-refractivity contribution in [2.75, 3.05) is 7.11 Å². The first-order valence-electron chi connectivity index (χ1n) is 6.63. The van der Waals surface area contributed by atoms with E-state index in [0.29, 0.717) is 6.42 Å². The van der Waals surface area contributed by atoms with Crippen molar-refractivity contribution < 1.29 is 14.6 Å². The van der Waals surface area contributed by atoms with Gasteiger partial charge in [0, 0.05) is 4.47 Å². The molecule has 0 aliphatic rings. The van der Waals surface area contributed by atoms with Gasteiger partial charge in [0.25, 0.3) is 0 Å². The molecular weight excluding hydrogens is 332 g/mol. The Morgan fingerprint density at radius 2 is 2.05 bits per heavy atom. The number of hydrogen-bond acceptors (Lipinski definition) is 2. The Kier molecular flexibility index (Phi) is 5.02. The predicted molar refractivity (Wildman–Crippen MR) is 86.0 cm³/mol. The highest BCUT2D eigenvalue weighted by molar-refractivity contribution is 9.10. The van der Waals surface area contributed by atoms with Gasteiger partial charge in [0.2, 0.25) is 0 Å². The molecule has 0 saturated heterocycles. The Morgan fingerprint density at radius 3 is 2.67 bits per heavy atom. The van der Waals surface area contributed by atoms with Crippen LogP contribution < -0.4 is 4.74 Å². The molecule has 3 nitrogen and oxygen atoms in total. The van der Waals surface area contributed by atoms with Gasteiger partial charge in [0.15, 0.2) is 0 Å². The quantitative estimate of drug-likeness (QED) is 0.881. The molecule has 2 aromatic rings. The summed E-state index contributed by atoms with van der Waals surface area (Å²) in [5.74, 6) is -0.711. The van der Waals surface area contributed by atoms with Crippen LogP contribution in [-0.4, -0.2) is 18.2 Å². The van der Waals surface area contributed by atoms with Crippen molar-refractivity contribution in [1.29, 1.82) is 0 Å². The number of halogens is 1. The third-order valence-corrected chi connectivity index (χ3v) is 3.90. The van der Waals surface area contributed by atoms with Gasteiger partial charge in [-0.1, -0.05) is 45.8 Å². The topological polar surface area (TPSA) is 46.5 Å². The highest BCUT2D eigenvalue weighted by Gasteiger charge is 2.22. The maximum absolute atomic E-state index is 11.6. The Bertz CT molecular complexity index is 652. The van der Waals surface area contributed by atoms with Crippen LogP contribution in [0.25, 0.3) is 0 Å². The Labute approximate surface area is 132 Å². The Balaban J connectivity index is 2.37. The van der Waals surface area contributed by atoms with Crippen molar-refractivity contribution in [2.24, 2.45) is 0 Å². The second-order valence-electron chi connectivity index (χ2n) is 4.97. The third-order valence-electron chi connectivity index (χ3n) is 3.41. The predicted octanol–water partition coefficient (Wildman–Crippen LogP) is 4.18. The van der Waals surface area contributed by atoms with E-state index in [4.69, 9.17) is 4.74 Å². The number of carboxylic acids is 1. The molecule has 0 radical (unpaired) electrons. The first-order valence-corrected chi connectivity index (χ1v) is 7.42. The van der Waals surface area contributed by atoms with E-state index in [9.17, 15) is 9.90 Å². The van der Waals surface area contributed by atoms with Crippen molar-refractivity contribution in [1.82, 2.24) is 0 Å². The number of aryl methyl sites for hydroxylation is 1. The molecule has 110 valence electrons. The van der Waals surface area contributed by atoms with Gasteiger partial charge in [0.05, 0.1) is 13.0 Å². The standard InChI is InChI=1S/C17H17BrO3/c1-11-6-7-16(21-2)13(8-11)10-15(17(19)20)12-4-3-5-14(18)9-12/h3-9,15H,10H2,1-2H3,(H,19,20). The molecule has 0 aromatic heterocycles. The first-order chi connectivity index (χ1) is 10.0. The van der Waals surface area contributed by atoms with E-state index in [1.165, 1.54) is 0 Å². The maximum atomic E-state index is 11.6. The fourth-order valence-corrected chi connectivity index (χ4v) is 2.77. The lowest BCUT2D eigenvalue weighted by molar-refractivity contribution is -0.138. The lowest BCUT2D eigenvalue weighted by Gasteiger charge is -2.16. The molecule has 2 rings (SSSR count). The highest BCUT2D eigenvalue weighted by Crippen LogP contribution is 2.29. The van der Waals surface area contributed by atoms with Crippen LogP contribution in [0.1, 0.15) is 22.6 Å². The lowest BCUT2D eigenvalue weighted by Crippen LogP contribution is -2.15. The number of hydrogen-bond donors (Lipinski definition) is 1. The van der Waals surface area contributed by atoms with Gasteiger partial charge in [-0.15, -0.1) is 0 Å². The minimum Gasteiger partial charge on any atom is -0.496 e. The van der Waals surface area contributed by atoms with Crippen LogP contribution in [-0.2, 0) is 11.2 Å². The van der Waals surface area contributed by atoms with Crippen LogP contribution in [0.5, 0.6) is 5.75 Å². The van der Waals surface area contributed by atoms with Gasteiger partial charge in [-0.25, -0.2) is 0 Å². The summed E-state index contributed by atoms with van der Waals surface area (Å²) in [5, 5.41) is 9.56. The summed E-state index contributed by atoms with van der Waals surface area (Å²) in [5.41, 5.74) is 2.77. The molecule has 4 heteroatoms. The number of methoxy groups -OCH3 is 1. The second-order valence-corrected chi connectivity index (χ2v) is 5.88. The highest BCUT2D eigenvalue weighted by atomic mass is 79.9. The zero-order valence-corrected chi connectivity index (χ0v) is 13.6. The summed E-state index contributed by atoms with van der Waals surface area (Å²) >= 11 is 3.39. The normalized spacial score (nSPS) is 12.0. The number of carboxylic acid groups (broad SMARTS) is 1. The molecule has 1 atom stereocenters. The summed E-state index contributed by atoms with van der Waals surface area (Å²) in [6.07, 6.45) is 0.399. The average molecular weight is 349 g/mol. The number of rotatable bonds is 5. The molecule has 0 amide bonds. The van der Waals surface area contributed by atoms with Gasteiger partial charge in [0.1, 0.15) is 5.75 Å². The van der Waals surface area contributed by atoms with E-state index in [1.54, 1.807) is 7.11 Å². The number of aliphatic carboxylic acids is 1. The maximum Gasteiger partial charge on any atom is 0.311 e. The Morgan fingerprint density at radius 1 is 1.29 bits per heavy atom. The number of ether oxygens (including phenoxy) is 1. The summed E-state index contributed by atoms with van der Waals surface area (Å²) in [6, 6.07) is 13.2. The molecule has 0 spiro atoms. The molecule has 1 unspecified atom stereocenters. The van der Waals surface area contributed by atoms with E-state index in [0.717, 1.165) is 26.9 Å². The molecule has 1 N–H and O–H groups in total. The summed E-state index contributed by atoms with van der Waals surface area (Å²) in [4.78, 5) is 11.6. The van der Waals surface area contributed by atoms with Crippen LogP contribution in [0.4, 0.5) is 0 Å². The van der Waals surface area contributed by atoms with E-state index in [-0.39, 0.29) is 0 Å². The number of benzene rings is 2. The molecule has 0 bridgehead atoms. The second kappa shape index (κ2) is 6.76. The molecule has 0 aliphatic carbocycles. The zero-order valence-electron chi connectivity index (χ0n) is 12.0. The van der Waals surface area contributed by atoms with Crippen LogP contribution >= 0.6 is 15.9 Å². The smallest absolute Gasteiger partial charge is 0.311 e. The van der Waals surface area contributed by atoms with Gasteiger partial charge in [-0.05, 0) is 42.7 Å². The van der Waals surface area contributed by atoms with Gasteiger partial charge < -0.3 is 9.84 Å². The Hall–Kier alpha value is -1.81. The molecule has 2 aromatic carbocycles. The van der Waals surface area contributed by atoms with E-state index in [1.807, 2.05) is 49.4 Å². The van der Waals surface area contributed by atoms with E-state index in [2.05, 4.69) is 15.9 Å². The SMILES string of the molecule is COc1ccc(C)cc1CC(C(=O)O)c1cccc(Br)c1. The molecule has 0 aliphatic heterocycles. The van der Waals surface area contributed by atoms with Crippen LogP contribution in [0, 0.1) is 6.92 Å². The van der Waals surface area contributed by atoms with Crippen molar-refractivity contribution in [3.05, 3.63) is 63.6 Å². The van der Waals surface area contributed by atoms with E-state index >= 15 is 0 Å². The molecule has 21 heavy (non-hydrogen) atoms. The fraction of sp³-hybridized carbons (Fsp3) is 0.235. The molecule has 0 fully saturated rings. The molecular formula is C17H17BrO3. The minimum absolute atomic E-state index is 0.399. The van der Waals surface area contributed by atoms with Crippen LogP contribution in [0.3, 0.4) is 0 Å². The summed E-state index contributed by atoms with van der Waals surface area (Å²) in [7, 11) is 1.60. The molecule has 0 saturated carbocycles. The van der Waals surface area contributed by atoms with E-state index < -0.39 is 11.9 Å². The summed E-state index contributed by atoms with van der Waals surface area (Å²) in [6.45, 7) is 1.98. The van der Waals surface area contributed by atoms with Gasteiger partial charge in [-0.3, -0.25) is 4.79 Å². The fourth-order valence-electron chi connectivity index (χ4n) is 2.36. The van der Waals surface area contributed by atoms with Crippen LogP contribution in [0.15, 0.2) is 46.9 Å². The van der Waals surface area contributed by atoms with Crippen LogP contribution in [0.2, 0.25) is 0 Å². The zero-order chi connectivity index (χ0) is 15.4. The third kappa shape index (κ3) is 3.85. The molecule has 0 heterocycles. The summed E-state index contributed by atoms with van der Waals surface area (Å²) < 4.78 is 6.22. The van der Waals surface area contributed by atoms with Gasteiger partial charge >= 0.3 is 5.97 Å². The monoisotopic (exact) mass is 348 g/mol. The van der Waals surface area contributed by atoms with Crippen molar-refractivity contribution >= 4 is 21.9 Å². The van der Waals surface area contributed by atoms with Crippen molar-refractivity contribution in [2.45, 2.75) is 19.3 Å². The largest absolute Gasteiger partial charge is 0.496 e. The van der Waals surface area contributed by atoms with Crippen molar-refractivity contribution in [3.8, 4) is 5.75 Å². The lowest BCUT2D eigenvalue weighted by atomic mass is 9.91. The van der Waals surface area contributed by atoms with Gasteiger partial charge in [-0.2, -0.15) is 0 Å². The van der Waals surface area contributed by atoms with Crippen molar-refractivity contribution in [3.63, 3.8) is 0 Å². The minimum atomic E-state index is -0.836. The average Bonchev–Trinajstić information content (AvgIpc) is 2.44.